The Bertz CT molecular complexity index is 447. The van der Waals surface area contributed by atoms with E-state index in [4.69, 9.17) is 0 Å². The average Bonchev–Trinajstić information content (AvgIpc) is 2.45. The van der Waals surface area contributed by atoms with Crippen molar-refractivity contribution in [2.24, 2.45) is 22.7 Å². The van der Waals surface area contributed by atoms with E-state index in [2.05, 4.69) is 40.0 Å². The van der Waals surface area contributed by atoms with Crippen molar-refractivity contribution in [2.45, 2.75) is 59.3 Å². The molecule has 0 aromatic carbocycles. The molecule has 0 heterocycles. The van der Waals surface area contributed by atoms with E-state index in [9.17, 15) is 5.11 Å². The molecule has 0 saturated heterocycles. The fraction of sp³-hybridized carbons (Fsp3) is 0.700. The fourth-order valence-corrected chi connectivity index (χ4v) is 5.10. The highest BCUT2D eigenvalue weighted by Crippen LogP contribution is 2.61. The Labute approximate surface area is 130 Å². The van der Waals surface area contributed by atoms with E-state index in [-0.39, 0.29) is 5.41 Å². The normalized spacial score (nSPS) is 40.8. The third kappa shape index (κ3) is 2.90. The lowest BCUT2D eigenvalue weighted by atomic mass is 9.47. The van der Waals surface area contributed by atoms with Gasteiger partial charge in [0.05, 0.1) is 0 Å². The highest BCUT2D eigenvalue weighted by Gasteiger charge is 2.53. The summed E-state index contributed by atoms with van der Waals surface area (Å²) in [6, 6.07) is 0. The van der Waals surface area contributed by atoms with Crippen LogP contribution in [-0.2, 0) is 0 Å². The molecule has 2 saturated carbocycles. The molecular formula is C20H32O. The number of fused-ring (bicyclic) bond motifs is 1. The number of rotatable bonds is 4. The predicted molar refractivity (Wildman–Crippen MR) is 91.1 cm³/mol. The topological polar surface area (TPSA) is 20.2 Å². The van der Waals surface area contributed by atoms with Crippen molar-refractivity contribution in [2.75, 3.05) is 6.61 Å². The Kier molecular flexibility index (Phi) is 4.82. The molecule has 0 radical (unpaired) electrons. The molecule has 118 valence electrons. The van der Waals surface area contributed by atoms with Crippen molar-refractivity contribution >= 4 is 0 Å². The van der Waals surface area contributed by atoms with Gasteiger partial charge in [-0.3, -0.25) is 0 Å². The largest absolute Gasteiger partial charge is 0.396 e. The van der Waals surface area contributed by atoms with E-state index in [1.807, 2.05) is 6.08 Å². The van der Waals surface area contributed by atoms with Crippen LogP contribution in [0.15, 0.2) is 36.5 Å². The molecular weight excluding hydrogens is 256 g/mol. The minimum absolute atomic E-state index is 0.100. The molecule has 2 rings (SSSR count). The fourth-order valence-electron chi connectivity index (χ4n) is 5.10. The lowest BCUT2D eigenvalue weighted by molar-refractivity contribution is -0.0837. The van der Waals surface area contributed by atoms with Gasteiger partial charge in [-0.05, 0) is 61.7 Å². The highest BCUT2D eigenvalue weighted by molar-refractivity contribution is 5.20. The van der Waals surface area contributed by atoms with Crippen LogP contribution in [0.1, 0.15) is 59.3 Å². The molecule has 0 bridgehead atoms. The summed E-state index contributed by atoms with van der Waals surface area (Å²) in [4.78, 5) is 0. The van der Waals surface area contributed by atoms with E-state index in [0.717, 1.165) is 12.8 Å². The van der Waals surface area contributed by atoms with Crippen molar-refractivity contribution < 1.29 is 5.11 Å². The summed E-state index contributed by atoms with van der Waals surface area (Å²) in [5.41, 5.74) is 3.07. The smallest absolute Gasteiger partial charge is 0.0487 e. The maximum Gasteiger partial charge on any atom is 0.0487 e. The predicted octanol–water partition coefficient (Wildman–Crippen LogP) is 5.28. The van der Waals surface area contributed by atoms with Gasteiger partial charge in [0.1, 0.15) is 0 Å². The van der Waals surface area contributed by atoms with Crippen LogP contribution < -0.4 is 0 Å². The summed E-state index contributed by atoms with van der Waals surface area (Å²) in [5, 5.41) is 9.96. The van der Waals surface area contributed by atoms with Gasteiger partial charge in [-0.1, -0.05) is 56.7 Å². The van der Waals surface area contributed by atoms with Crippen molar-refractivity contribution in [3.05, 3.63) is 36.5 Å². The Balaban J connectivity index is 2.31. The molecule has 0 amide bonds. The molecule has 21 heavy (non-hydrogen) atoms. The zero-order chi connectivity index (χ0) is 15.7. The number of hydrogen-bond donors (Lipinski definition) is 1. The van der Waals surface area contributed by atoms with Crippen LogP contribution in [0, 0.1) is 22.7 Å². The Morgan fingerprint density at radius 1 is 1.38 bits per heavy atom. The maximum absolute atomic E-state index is 9.96. The first kappa shape index (κ1) is 16.5. The van der Waals surface area contributed by atoms with E-state index in [1.165, 1.54) is 36.8 Å². The summed E-state index contributed by atoms with van der Waals surface area (Å²) < 4.78 is 0. The minimum atomic E-state index is 0.100. The second-order valence-corrected chi connectivity index (χ2v) is 7.86. The Hall–Kier alpha value is -0.820. The quantitative estimate of drug-likeness (QED) is 0.551. The van der Waals surface area contributed by atoms with Gasteiger partial charge >= 0.3 is 0 Å². The first-order valence-electron chi connectivity index (χ1n) is 8.45. The number of aliphatic hydroxyl groups excluding tert-OH is 1. The molecule has 0 aromatic heterocycles. The van der Waals surface area contributed by atoms with Gasteiger partial charge in [0.25, 0.3) is 0 Å². The highest BCUT2D eigenvalue weighted by atomic mass is 16.3. The van der Waals surface area contributed by atoms with Gasteiger partial charge in [0.15, 0.2) is 0 Å². The Morgan fingerprint density at radius 3 is 2.71 bits per heavy atom. The molecule has 0 aromatic rings. The van der Waals surface area contributed by atoms with Crippen molar-refractivity contribution in [3.63, 3.8) is 0 Å². The Morgan fingerprint density at radius 2 is 2.10 bits per heavy atom. The molecule has 0 spiro atoms. The standard InChI is InChI=1S/C20H32O/c1-6-15(2)8-10-17-16(3)9-11-18-19(4,14-21)12-7-13-20(17,18)5/h6,8,17-18,21H,1,3,7,9-14H2,2,4-5H3/b15-8+/t17-,18-,19-,20+/m1/s1. The minimum Gasteiger partial charge on any atom is -0.396 e. The van der Waals surface area contributed by atoms with Crippen molar-refractivity contribution in [3.8, 4) is 0 Å². The molecule has 0 aliphatic heterocycles. The van der Waals surface area contributed by atoms with Crippen LogP contribution in [0.4, 0.5) is 0 Å². The van der Waals surface area contributed by atoms with Gasteiger partial charge in [-0.15, -0.1) is 0 Å². The van der Waals surface area contributed by atoms with Crippen molar-refractivity contribution in [1.29, 1.82) is 0 Å². The lowest BCUT2D eigenvalue weighted by Gasteiger charge is -2.58. The summed E-state index contributed by atoms with van der Waals surface area (Å²) in [6.07, 6.45) is 11.3. The van der Waals surface area contributed by atoms with Gasteiger partial charge in [0.2, 0.25) is 0 Å². The van der Waals surface area contributed by atoms with E-state index < -0.39 is 0 Å². The summed E-state index contributed by atoms with van der Waals surface area (Å²) in [6.45, 7) is 15.4. The van der Waals surface area contributed by atoms with Gasteiger partial charge in [0, 0.05) is 6.61 Å². The van der Waals surface area contributed by atoms with Crippen LogP contribution >= 0.6 is 0 Å². The molecule has 2 aliphatic carbocycles. The third-order valence-corrected chi connectivity index (χ3v) is 6.50. The molecule has 2 aliphatic rings. The van der Waals surface area contributed by atoms with E-state index in [0.29, 0.717) is 23.9 Å². The molecule has 4 atom stereocenters. The zero-order valence-corrected chi connectivity index (χ0v) is 14.1. The summed E-state index contributed by atoms with van der Waals surface area (Å²) in [7, 11) is 0. The monoisotopic (exact) mass is 288 g/mol. The molecule has 2 fully saturated rings. The number of hydrogen-bond acceptors (Lipinski definition) is 1. The summed E-state index contributed by atoms with van der Waals surface area (Å²) in [5.74, 6) is 1.18. The van der Waals surface area contributed by atoms with Crippen LogP contribution in [0.5, 0.6) is 0 Å². The number of aliphatic hydroxyl groups is 1. The second kappa shape index (κ2) is 6.12. The van der Waals surface area contributed by atoms with E-state index in [1.54, 1.807) is 0 Å². The molecule has 0 unspecified atom stereocenters. The second-order valence-electron chi connectivity index (χ2n) is 7.86. The average molecular weight is 288 g/mol. The van der Waals surface area contributed by atoms with Crippen LogP contribution in [0.3, 0.4) is 0 Å². The van der Waals surface area contributed by atoms with Gasteiger partial charge in [-0.25, -0.2) is 0 Å². The van der Waals surface area contributed by atoms with Crippen LogP contribution in [0.25, 0.3) is 0 Å². The number of allylic oxidation sites excluding steroid dienone is 4. The van der Waals surface area contributed by atoms with Crippen molar-refractivity contribution in [1.82, 2.24) is 0 Å². The zero-order valence-electron chi connectivity index (χ0n) is 14.1. The molecule has 1 heteroatoms. The third-order valence-electron chi connectivity index (χ3n) is 6.50. The van der Waals surface area contributed by atoms with E-state index >= 15 is 0 Å². The van der Waals surface area contributed by atoms with Gasteiger partial charge in [-0.2, -0.15) is 0 Å². The maximum atomic E-state index is 9.96. The van der Waals surface area contributed by atoms with Crippen LogP contribution in [0.2, 0.25) is 0 Å². The SMILES string of the molecule is C=C/C(C)=C/C[C@@H]1C(=C)CC[C@@H]2[C@@](C)(CO)CCC[C@@]12C. The van der Waals surface area contributed by atoms with Gasteiger partial charge < -0.3 is 5.11 Å². The first-order chi connectivity index (χ1) is 9.87. The first-order valence-corrected chi connectivity index (χ1v) is 8.45. The molecule has 1 N–H and O–H groups in total. The summed E-state index contributed by atoms with van der Waals surface area (Å²) >= 11 is 0. The van der Waals surface area contributed by atoms with Crippen LogP contribution in [-0.4, -0.2) is 11.7 Å². The molecule has 1 nitrogen and oxygen atoms in total. The lowest BCUT2D eigenvalue weighted by Crippen LogP contribution is -2.51.